The van der Waals surface area contributed by atoms with Crippen LogP contribution in [-0.4, -0.2) is 24.1 Å². The number of rotatable bonds is 5. The van der Waals surface area contributed by atoms with E-state index in [1.54, 1.807) is 6.08 Å². The zero-order chi connectivity index (χ0) is 22.3. The quantitative estimate of drug-likeness (QED) is 0.389. The number of carbonyl (C=O) groups excluding carboxylic acids is 1. The first kappa shape index (κ1) is 21.8. The fourth-order valence-electron chi connectivity index (χ4n) is 3.70. The third-order valence-electron chi connectivity index (χ3n) is 5.59. The molecule has 0 radical (unpaired) electrons. The number of thiocarbonyl (C=S) groups is 1. The molecule has 32 heavy (non-hydrogen) atoms. The molecular weight excluding hydrogens is 418 g/mol. The summed E-state index contributed by atoms with van der Waals surface area (Å²) in [6, 6.07) is 21.7. The van der Waals surface area contributed by atoms with Crippen molar-refractivity contribution >= 4 is 40.7 Å². The number of piperidine rings is 1. The van der Waals surface area contributed by atoms with E-state index in [1.165, 1.54) is 24.6 Å². The van der Waals surface area contributed by atoms with Gasteiger partial charge >= 0.3 is 0 Å². The minimum absolute atomic E-state index is 0.253. The lowest BCUT2D eigenvalue weighted by molar-refractivity contribution is -0.115. The standard InChI is InChI=1S/C26H27N3O2S/c1-19-15-17-29(18-16-19)22-9-7-21(8-10-22)27-26(32)28-25(30)14-12-23-11-13-24(31-23)20-5-3-2-4-6-20/h2-14,19H,15-18H2,1H3,(H2,27,28,30,32)/b14-12+. The maximum Gasteiger partial charge on any atom is 0.250 e. The maximum atomic E-state index is 12.2. The summed E-state index contributed by atoms with van der Waals surface area (Å²) in [4.78, 5) is 14.6. The number of nitrogens with one attached hydrogen (secondary N) is 2. The molecule has 164 valence electrons. The van der Waals surface area contributed by atoms with Gasteiger partial charge in [-0.3, -0.25) is 10.1 Å². The Morgan fingerprint density at radius 3 is 2.47 bits per heavy atom. The average molecular weight is 446 g/mol. The first-order valence-electron chi connectivity index (χ1n) is 10.9. The van der Waals surface area contributed by atoms with Crippen molar-refractivity contribution in [3.63, 3.8) is 0 Å². The molecule has 6 heteroatoms. The van der Waals surface area contributed by atoms with Crippen LogP contribution < -0.4 is 15.5 Å². The molecule has 2 aromatic carbocycles. The van der Waals surface area contributed by atoms with Crippen LogP contribution in [0.2, 0.25) is 0 Å². The molecule has 2 N–H and O–H groups in total. The highest BCUT2D eigenvalue weighted by Gasteiger charge is 2.15. The molecule has 1 aromatic heterocycles. The smallest absolute Gasteiger partial charge is 0.250 e. The molecule has 0 unspecified atom stereocenters. The highest BCUT2D eigenvalue weighted by molar-refractivity contribution is 7.80. The lowest BCUT2D eigenvalue weighted by Gasteiger charge is -2.32. The zero-order valence-corrected chi connectivity index (χ0v) is 18.9. The molecule has 0 atom stereocenters. The summed E-state index contributed by atoms with van der Waals surface area (Å²) in [7, 11) is 0. The van der Waals surface area contributed by atoms with Gasteiger partial charge in [-0.05, 0) is 73.5 Å². The van der Waals surface area contributed by atoms with E-state index < -0.39 is 0 Å². The predicted octanol–water partition coefficient (Wildman–Crippen LogP) is 5.71. The number of benzene rings is 2. The molecule has 0 spiro atoms. The lowest BCUT2D eigenvalue weighted by atomic mass is 9.99. The molecule has 0 saturated carbocycles. The molecule has 1 amide bonds. The van der Waals surface area contributed by atoms with Crippen LogP contribution in [0.3, 0.4) is 0 Å². The second-order valence-electron chi connectivity index (χ2n) is 8.06. The van der Waals surface area contributed by atoms with Gasteiger partial charge < -0.3 is 14.6 Å². The number of nitrogens with zero attached hydrogens (tertiary/aromatic N) is 1. The Bertz CT molecular complexity index is 1080. The molecular formula is C26H27N3O2S. The van der Waals surface area contributed by atoms with Crippen molar-refractivity contribution in [2.75, 3.05) is 23.3 Å². The zero-order valence-electron chi connectivity index (χ0n) is 18.1. The number of hydrogen-bond acceptors (Lipinski definition) is 4. The van der Waals surface area contributed by atoms with Gasteiger partial charge in [-0.25, -0.2) is 0 Å². The van der Waals surface area contributed by atoms with E-state index in [9.17, 15) is 4.79 Å². The SMILES string of the molecule is CC1CCN(c2ccc(NC(=S)NC(=O)/C=C/c3ccc(-c4ccccc4)o3)cc2)CC1. The lowest BCUT2D eigenvalue weighted by Crippen LogP contribution is -2.33. The molecule has 1 saturated heterocycles. The van der Waals surface area contributed by atoms with Gasteiger partial charge in [-0.15, -0.1) is 0 Å². The second kappa shape index (κ2) is 10.3. The molecule has 2 heterocycles. The Morgan fingerprint density at radius 2 is 1.75 bits per heavy atom. The van der Waals surface area contributed by atoms with Crippen LogP contribution in [-0.2, 0) is 4.79 Å². The normalized spacial score (nSPS) is 14.5. The van der Waals surface area contributed by atoms with E-state index in [0.29, 0.717) is 5.76 Å². The highest BCUT2D eigenvalue weighted by atomic mass is 32.1. The Labute approximate surface area is 194 Å². The van der Waals surface area contributed by atoms with Crippen LogP contribution in [0.4, 0.5) is 11.4 Å². The topological polar surface area (TPSA) is 57.5 Å². The van der Waals surface area contributed by atoms with Crippen LogP contribution in [0.5, 0.6) is 0 Å². The third kappa shape index (κ3) is 5.86. The summed E-state index contributed by atoms with van der Waals surface area (Å²) in [5.74, 6) is 1.84. The van der Waals surface area contributed by atoms with Crippen molar-refractivity contribution < 1.29 is 9.21 Å². The van der Waals surface area contributed by atoms with Crippen molar-refractivity contribution in [1.82, 2.24) is 5.32 Å². The van der Waals surface area contributed by atoms with Crippen molar-refractivity contribution in [3.8, 4) is 11.3 Å². The maximum absolute atomic E-state index is 12.2. The summed E-state index contributed by atoms with van der Waals surface area (Å²) in [6.45, 7) is 4.50. The highest BCUT2D eigenvalue weighted by Crippen LogP contribution is 2.24. The van der Waals surface area contributed by atoms with Crippen LogP contribution in [0, 0.1) is 5.92 Å². The number of anilines is 2. The monoisotopic (exact) mass is 445 g/mol. The summed E-state index contributed by atoms with van der Waals surface area (Å²) < 4.78 is 5.77. The summed E-state index contributed by atoms with van der Waals surface area (Å²) in [6.07, 6.45) is 5.49. The van der Waals surface area contributed by atoms with Crippen molar-refractivity contribution in [3.05, 3.63) is 78.6 Å². The fourth-order valence-corrected chi connectivity index (χ4v) is 3.91. The van der Waals surface area contributed by atoms with E-state index in [2.05, 4.69) is 34.6 Å². The first-order valence-corrected chi connectivity index (χ1v) is 11.3. The fraction of sp³-hybridized carbons (Fsp3) is 0.231. The first-order chi connectivity index (χ1) is 15.6. The molecule has 1 aliphatic heterocycles. The van der Waals surface area contributed by atoms with Crippen LogP contribution in [0.1, 0.15) is 25.5 Å². The summed E-state index contributed by atoms with van der Waals surface area (Å²) in [5.41, 5.74) is 3.04. The van der Waals surface area contributed by atoms with Gasteiger partial charge in [0.1, 0.15) is 11.5 Å². The number of hydrogen-bond donors (Lipinski definition) is 2. The van der Waals surface area contributed by atoms with Crippen LogP contribution in [0.15, 0.2) is 77.2 Å². The molecule has 1 fully saturated rings. The largest absolute Gasteiger partial charge is 0.457 e. The van der Waals surface area contributed by atoms with E-state index in [4.69, 9.17) is 16.6 Å². The average Bonchev–Trinajstić information content (AvgIpc) is 3.29. The minimum Gasteiger partial charge on any atom is -0.457 e. The van der Waals surface area contributed by atoms with E-state index >= 15 is 0 Å². The Kier molecular flexibility index (Phi) is 7.02. The number of carbonyl (C=O) groups is 1. The number of amides is 1. The summed E-state index contributed by atoms with van der Waals surface area (Å²) >= 11 is 5.27. The summed E-state index contributed by atoms with van der Waals surface area (Å²) in [5, 5.41) is 5.97. The van der Waals surface area contributed by atoms with Crippen molar-refractivity contribution in [2.24, 2.45) is 5.92 Å². The molecule has 3 aromatic rings. The van der Waals surface area contributed by atoms with Gasteiger partial charge in [0.2, 0.25) is 5.91 Å². The Morgan fingerprint density at radius 1 is 1.03 bits per heavy atom. The minimum atomic E-state index is -0.320. The van der Waals surface area contributed by atoms with E-state index in [-0.39, 0.29) is 11.0 Å². The Balaban J connectivity index is 1.27. The van der Waals surface area contributed by atoms with Crippen LogP contribution in [0.25, 0.3) is 17.4 Å². The molecule has 0 aliphatic carbocycles. The van der Waals surface area contributed by atoms with Crippen molar-refractivity contribution in [1.29, 1.82) is 0 Å². The van der Waals surface area contributed by atoms with E-state index in [1.807, 2.05) is 54.6 Å². The Hall–Kier alpha value is -3.38. The van der Waals surface area contributed by atoms with Crippen molar-refractivity contribution in [2.45, 2.75) is 19.8 Å². The second-order valence-corrected chi connectivity index (χ2v) is 8.47. The molecule has 0 bridgehead atoms. The van der Waals surface area contributed by atoms with Gasteiger partial charge in [0.15, 0.2) is 5.11 Å². The van der Waals surface area contributed by atoms with Crippen LogP contribution >= 0.6 is 12.2 Å². The van der Waals surface area contributed by atoms with Gasteiger partial charge in [-0.2, -0.15) is 0 Å². The van der Waals surface area contributed by atoms with Gasteiger partial charge in [-0.1, -0.05) is 37.3 Å². The number of furan rings is 1. The molecule has 4 rings (SSSR count). The van der Waals surface area contributed by atoms with E-state index in [0.717, 1.165) is 36.0 Å². The molecule has 5 nitrogen and oxygen atoms in total. The third-order valence-corrected chi connectivity index (χ3v) is 5.80. The predicted molar refractivity (Wildman–Crippen MR) is 135 cm³/mol. The van der Waals surface area contributed by atoms with Gasteiger partial charge in [0.05, 0.1) is 0 Å². The van der Waals surface area contributed by atoms with Gasteiger partial charge in [0, 0.05) is 36.1 Å². The van der Waals surface area contributed by atoms with Gasteiger partial charge in [0.25, 0.3) is 0 Å². The molecule has 1 aliphatic rings.